The molecule has 0 aliphatic rings. The zero-order valence-electron chi connectivity index (χ0n) is 72.0. The van der Waals surface area contributed by atoms with Crippen LogP contribution >= 0.6 is 34.0 Å². The van der Waals surface area contributed by atoms with Gasteiger partial charge in [0, 0.05) is 108 Å². The van der Waals surface area contributed by atoms with Gasteiger partial charge in [0.1, 0.15) is 48.3 Å². The number of H-pyrrole nitrogens is 4. The minimum atomic E-state index is 0.718. The third-order valence-electron chi connectivity index (χ3n) is 7.53. The maximum absolute atomic E-state index is 4.72. The van der Waals surface area contributed by atoms with Gasteiger partial charge >= 0.3 is 0 Å². The summed E-state index contributed by atoms with van der Waals surface area (Å²) >= 11 is 4.96. The molecule has 0 spiro atoms. The van der Waals surface area contributed by atoms with Gasteiger partial charge < -0.3 is 41.8 Å². The molecule has 598 valence electrons. The first-order valence-electron chi connectivity index (χ1n) is 36.1. The number of oxazole rings is 3. The number of aromatic nitrogens is 19. The Balaban J connectivity index is -0.0000000764. The molecule has 13 rings (SSSR count). The molecule has 13 aromatic rings. The smallest absolute Gasteiger partial charge is 0.190 e. The lowest BCUT2D eigenvalue weighted by Crippen LogP contribution is -1.76. The molecule has 27 heteroatoms. The Bertz CT molecular complexity index is 2240. The monoisotopic (exact) mass is 1510 g/mol. The minimum Gasteiger partial charge on any atom is -0.452 e. The SMILES string of the molecule is CC.CC.CC.CC.CC.CC.CC.CC.CC.CC.CC.CC.CC.Cc1ccno1.Cc1cnc[nH]1.Cc1cnc[nH]1.Cc1cnco1.Cc1cncs1.Cc1cnoc1.Cc1cocn1.Cc1cscn1.Cc1ncc[nH]1.Cc1ncco1.Cc1nccs1.Cc1ncn[nH]1.Cn1ccnc1. The van der Waals surface area contributed by atoms with Crippen molar-refractivity contribution < 1.29 is 22.3 Å². The van der Waals surface area contributed by atoms with Crippen LogP contribution in [-0.2, 0) is 7.05 Å². The molecule has 0 bridgehead atoms. The van der Waals surface area contributed by atoms with Gasteiger partial charge in [0.05, 0.1) is 65.5 Å². The number of imidazole rings is 4. The van der Waals surface area contributed by atoms with E-state index in [1.54, 1.807) is 147 Å². The largest absolute Gasteiger partial charge is 0.452 e. The number of hydrogen-bond donors (Lipinski definition) is 4. The van der Waals surface area contributed by atoms with Crippen molar-refractivity contribution in [2.45, 2.75) is 263 Å². The Morgan fingerprint density at radius 2 is 1.02 bits per heavy atom. The minimum absolute atomic E-state index is 0.718. The van der Waals surface area contributed by atoms with Crippen LogP contribution in [0.5, 0.6) is 0 Å². The van der Waals surface area contributed by atoms with Crippen LogP contribution in [0.25, 0.3) is 0 Å². The number of aromatic amines is 4. The maximum atomic E-state index is 4.72. The number of nitrogens with one attached hydrogen (secondary N) is 4. The first-order valence-corrected chi connectivity index (χ1v) is 38.8. The highest BCUT2D eigenvalue weighted by molar-refractivity contribution is 7.09. The Morgan fingerprint density at radius 3 is 1.13 bits per heavy atom. The van der Waals surface area contributed by atoms with Gasteiger partial charge in [-0.15, -0.1) is 34.0 Å². The van der Waals surface area contributed by atoms with Crippen molar-refractivity contribution in [3.8, 4) is 0 Å². The molecule has 0 aromatic carbocycles. The first-order chi connectivity index (χ1) is 50.6. The summed E-state index contributed by atoms with van der Waals surface area (Å²) in [4.78, 5) is 51.7. The second-order valence-electron chi connectivity index (χ2n) is 14.9. The molecule has 0 amide bonds. The van der Waals surface area contributed by atoms with Gasteiger partial charge in [-0.05, 0) is 76.2 Å². The van der Waals surface area contributed by atoms with Crippen molar-refractivity contribution in [2.24, 2.45) is 7.05 Å². The number of nitrogens with zero attached hydrogens (tertiary/aromatic N) is 15. The molecule has 0 aliphatic heterocycles. The van der Waals surface area contributed by atoms with Crippen LogP contribution in [0.15, 0.2) is 181 Å². The first kappa shape index (κ1) is 125. The van der Waals surface area contributed by atoms with Crippen LogP contribution in [0, 0.1) is 83.1 Å². The molecule has 0 fully saturated rings. The highest BCUT2D eigenvalue weighted by Crippen LogP contribution is 2.00. The fourth-order valence-corrected chi connectivity index (χ4v) is 5.21. The molecule has 13 heterocycles. The second kappa shape index (κ2) is 121. The van der Waals surface area contributed by atoms with Gasteiger partial charge in [-0.25, -0.2) is 39.9 Å². The average Bonchev–Trinajstić information content (AvgIpc) is 4.52. The predicted molar refractivity (Wildman–Crippen MR) is 449 cm³/mol. The van der Waals surface area contributed by atoms with Crippen LogP contribution in [0.4, 0.5) is 0 Å². The summed E-state index contributed by atoms with van der Waals surface area (Å²) in [6, 6.07) is 1.81. The topological polar surface area (TPSA) is 314 Å². The molecule has 4 N–H and O–H groups in total. The third-order valence-corrected chi connectivity index (χ3v) is 9.65. The van der Waals surface area contributed by atoms with E-state index in [9.17, 15) is 0 Å². The van der Waals surface area contributed by atoms with Crippen LogP contribution in [0.1, 0.15) is 247 Å². The number of thiazole rings is 3. The summed E-state index contributed by atoms with van der Waals surface area (Å²) in [5.74, 6) is 4.25. The Kier molecular flexibility index (Phi) is 145. The predicted octanol–water partition coefficient (Wildman–Crippen LogP) is 25.3. The van der Waals surface area contributed by atoms with E-state index in [4.69, 9.17) is 8.83 Å². The number of aryl methyl sites for hydroxylation is 13. The lowest BCUT2D eigenvalue weighted by Gasteiger charge is -1.76. The molecule has 13 aromatic heterocycles. The number of hydrogen-bond acceptors (Lipinski definition) is 22. The molecule has 0 radical (unpaired) electrons. The fraction of sp³-hybridized carbons (Fsp3) is 0.506. The van der Waals surface area contributed by atoms with Gasteiger partial charge in [-0.1, -0.05) is 190 Å². The van der Waals surface area contributed by atoms with Crippen LogP contribution in [0.3, 0.4) is 0 Å². The lowest BCUT2D eigenvalue weighted by atomic mass is 10.4. The van der Waals surface area contributed by atoms with Crippen molar-refractivity contribution in [3.63, 3.8) is 0 Å². The molecule has 0 saturated carbocycles. The van der Waals surface area contributed by atoms with Crippen molar-refractivity contribution in [2.75, 3.05) is 0 Å². The molecule has 0 saturated heterocycles. The van der Waals surface area contributed by atoms with Crippen molar-refractivity contribution in [1.29, 1.82) is 0 Å². The van der Waals surface area contributed by atoms with E-state index < -0.39 is 0 Å². The summed E-state index contributed by atoms with van der Waals surface area (Å²) in [5.41, 5.74) is 8.97. The molecule has 24 nitrogen and oxygen atoms in total. The van der Waals surface area contributed by atoms with Crippen molar-refractivity contribution in [3.05, 3.63) is 226 Å². The van der Waals surface area contributed by atoms with Crippen LogP contribution in [0.2, 0.25) is 0 Å². The molecule has 104 heavy (non-hydrogen) atoms. The molecule has 0 atom stereocenters. The van der Waals surface area contributed by atoms with E-state index in [2.05, 4.69) is 104 Å². The van der Waals surface area contributed by atoms with Crippen molar-refractivity contribution >= 4 is 34.0 Å². The number of rotatable bonds is 0. The zero-order valence-corrected chi connectivity index (χ0v) is 74.4. The third kappa shape index (κ3) is 117. The molecule has 0 aliphatic carbocycles. The van der Waals surface area contributed by atoms with Gasteiger partial charge in [-0.2, -0.15) is 5.10 Å². The van der Waals surface area contributed by atoms with E-state index in [1.165, 1.54) is 24.0 Å². The fourth-order valence-electron chi connectivity index (χ4n) is 3.82. The Morgan fingerprint density at radius 1 is 0.442 bits per heavy atom. The van der Waals surface area contributed by atoms with E-state index in [0.717, 1.165) is 62.4 Å². The average molecular weight is 1520 g/mol. The highest BCUT2D eigenvalue weighted by atomic mass is 32.1. The quantitative estimate of drug-likeness (QED) is 0.110. The summed E-state index contributed by atoms with van der Waals surface area (Å²) in [7, 11) is 1.94. The van der Waals surface area contributed by atoms with Gasteiger partial charge in [0.25, 0.3) is 0 Å². The highest BCUT2D eigenvalue weighted by Gasteiger charge is 1.83. The molecular formula is C77H147N19O5S3. The molecular weight excluding hydrogens is 1370 g/mol. The van der Waals surface area contributed by atoms with E-state index in [0.29, 0.717) is 0 Å². The summed E-state index contributed by atoms with van der Waals surface area (Å²) in [6.45, 7) is 75.0. The second-order valence-corrected chi connectivity index (χ2v) is 17.8. The summed E-state index contributed by atoms with van der Waals surface area (Å²) < 4.78 is 25.0. The van der Waals surface area contributed by atoms with Gasteiger partial charge in [0.15, 0.2) is 18.7 Å². The maximum Gasteiger partial charge on any atom is 0.190 e. The van der Waals surface area contributed by atoms with Gasteiger partial charge in [-0.3, -0.25) is 20.1 Å². The van der Waals surface area contributed by atoms with Crippen LogP contribution in [-0.4, -0.2) is 94.9 Å². The van der Waals surface area contributed by atoms with E-state index >= 15 is 0 Å². The van der Waals surface area contributed by atoms with Crippen LogP contribution < -0.4 is 0 Å². The van der Waals surface area contributed by atoms with E-state index in [1.807, 2.05) is 302 Å². The Hall–Kier alpha value is -9.08. The standard InChI is InChI=1S/4C4H6N2.5C4H5NO.3C4H5NS.C3H5N3.13C2H6/c2*1-4-2-5-3-6-4;1-6-3-2-5-4-6;1-4-5-2-3-6-4;1-4-2-6-3-5-4;1-4-2-5-3-6-4;1-4-2-5-6-3-4;1-4-5-2-3-6-4;1-4-2-3-5-6-4;1-4-2-6-3-5-4;1-4-2-5-3-6-4;1-4-5-2-3-6-4;1-3-4-2-5-6-3;13*1-2/h2*2-3H,1H3,(H,5,6);2-4H,1H3;2-3H,1H3,(H,5,6);8*2-3H,1H3;2H,1H3,(H,4,5,6);13*1-2H3. The lowest BCUT2D eigenvalue weighted by molar-refractivity contribution is 0.397. The van der Waals surface area contributed by atoms with Gasteiger partial charge in [0.2, 0.25) is 0 Å². The van der Waals surface area contributed by atoms with Crippen molar-refractivity contribution in [1.82, 2.24) is 94.9 Å². The normalized spacial score (nSPS) is 7.38. The Labute approximate surface area is 644 Å². The molecule has 0 unspecified atom stereocenters. The zero-order chi connectivity index (χ0) is 83.3. The summed E-state index contributed by atoms with van der Waals surface area (Å²) in [5, 5.41) is 18.2. The van der Waals surface area contributed by atoms with E-state index in [-0.39, 0.29) is 0 Å². The summed E-state index contributed by atoms with van der Waals surface area (Å²) in [6.07, 6.45) is 35.1.